The molecular weight excluding hydrogens is 528 g/mol. The maximum Gasteiger partial charge on any atom is 0.329 e. The van der Waals surface area contributed by atoms with Crippen LogP contribution in [0.25, 0.3) is 17.2 Å². The number of aryl methyl sites for hydroxylation is 1. The molecular formula is C25H25BrN6O4. The molecule has 0 bridgehead atoms. The molecule has 2 heterocycles. The molecule has 4 rings (SSSR count). The molecule has 0 aliphatic rings. The molecule has 10 nitrogen and oxygen atoms in total. The molecule has 0 fully saturated rings. The first-order chi connectivity index (χ1) is 17.3. The van der Waals surface area contributed by atoms with Crippen LogP contribution in [0.2, 0.25) is 0 Å². The number of aliphatic hydroxyl groups excluding tert-OH is 1. The number of imidazole rings is 1. The number of nitrogens with zero attached hydrogens (tertiary/aromatic N) is 4. The summed E-state index contributed by atoms with van der Waals surface area (Å²) in [7, 11) is 1.51. The first-order valence-corrected chi connectivity index (χ1v) is 11.9. The summed E-state index contributed by atoms with van der Waals surface area (Å²) in [6, 6.07) is 17.0. The molecule has 0 saturated carbocycles. The highest BCUT2D eigenvalue weighted by atomic mass is 79.9. The van der Waals surface area contributed by atoms with Gasteiger partial charge in [0.05, 0.1) is 12.3 Å². The number of aromatic amines is 1. The Kier molecular flexibility index (Phi) is 7.81. The Balaban J connectivity index is 1.59. The molecule has 0 amide bonds. The first-order valence-electron chi connectivity index (χ1n) is 11.1. The fraction of sp³-hybridized carbons (Fsp3) is 0.200. The maximum absolute atomic E-state index is 12.7. The van der Waals surface area contributed by atoms with Gasteiger partial charge in [0, 0.05) is 11.5 Å². The Morgan fingerprint density at radius 1 is 1.22 bits per heavy atom. The molecule has 2 aromatic carbocycles. The van der Waals surface area contributed by atoms with E-state index < -0.39 is 17.4 Å². The number of hydrazone groups is 1. The van der Waals surface area contributed by atoms with E-state index in [1.165, 1.54) is 16.2 Å². The zero-order chi connectivity index (χ0) is 25.7. The van der Waals surface area contributed by atoms with Crippen LogP contribution in [-0.4, -0.2) is 42.6 Å². The van der Waals surface area contributed by atoms with Crippen LogP contribution in [0.3, 0.4) is 0 Å². The van der Waals surface area contributed by atoms with Crippen molar-refractivity contribution in [2.45, 2.75) is 19.6 Å². The van der Waals surface area contributed by atoms with Crippen molar-refractivity contribution in [1.29, 1.82) is 0 Å². The van der Waals surface area contributed by atoms with Crippen LogP contribution in [0.1, 0.15) is 12.5 Å². The van der Waals surface area contributed by atoms with Gasteiger partial charge in [-0.3, -0.25) is 14.3 Å². The molecule has 0 radical (unpaired) electrons. The quantitative estimate of drug-likeness (QED) is 0.216. The lowest BCUT2D eigenvalue weighted by molar-refractivity contribution is 0.0938. The zero-order valence-electron chi connectivity index (χ0n) is 19.7. The topological polar surface area (TPSA) is 127 Å². The molecule has 4 aromatic rings. The van der Waals surface area contributed by atoms with Crippen molar-refractivity contribution < 1.29 is 9.84 Å². The number of aliphatic hydroxyl groups is 1. The molecule has 0 saturated heterocycles. The first kappa shape index (κ1) is 25.1. The summed E-state index contributed by atoms with van der Waals surface area (Å²) in [5, 5.41) is 15.0. The van der Waals surface area contributed by atoms with E-state index in [4.69, 9.17) is 4.74 Å². The van der Waals surface area contributed by atoms with Gasteiger partial charge in [-0.25, -0.2) is 10.2 Å². The second-order valence-corrected chi connectivity index (χ2v) is 8.98. The number of halogens is 1. The summed E-state index contributed by atoms with van der Waals surface area (Å²) in [6.45, 7) is 1.76. The van der Waals surface area contributed by atoms with E-state index in [2.05, 4.69) is 36.4 Å². The highest BCUT2D eigenvalue weighted by Gasteiger charge is 2.20. The van der Waals surface area contributed by atoms with Gasteiger partial charge in [0.1, 0.15) is 18.5 Å². The summed E-state index contributed by atoms with van der Waals surface area (Å²) < 4.78 is 9.30. The Labute approximate surface area is 214 Å². The fourth-order valence-corrected chi connectivity index (χ4v) is 3.71. The number of hydrogen-bond donors (Lipinski definition) is 3. The van der Waals surface area contributed by atoms with Gasteiger partial charge < -0.3 is 14.4 Å². The van der Waals surface area contributed by atoms with E-state index in [0.29, 0.717) is 11.5 Å². The van der Waals surface area contributed by atoms with Crippen molar-refractivity contribution in [3.8, 4) is 5.75 Å². The van der Waals surface area contributed by atoms with Crippen LogP contribution in [0.4, 0.5) is 5.95 Å². The van der Waals surface area contributed by atoms with Gasteiger partial charge in [0.2, 0.25) is 5.95 Å². The predicted molar refractivity (Wildman–Crippen MR) is 143 cm³/mol. The molecule has 0 aliphatic carbocycles. The standard InChI is InChI=1S/C25H25BrN6O4/c1-16(8-9-17-6-4-3-5-7-17)29-30-24-27-22-21(23(34)28-25(35)31(22)2)32(24)14-19(33)15-36-20-12-10-18(26)11-13-20/h3-13,19,33H,14-15H2,1-2H3,(H,27,30)(H,28,34,35)/b9-8+,29-16+. The molecule has 0 spiro atoms. The smallest absolute Gasteiger partial charge is 0.329 e. The van der Waals surface area contributed by atoms with Crippen LogP contribution in [0.5, 0.6) is 5.75 Å². The van der Waals surface area contributed by atoms with Gasteiger partial charge in [-0.15, -0.1) is 0 Å². The van der Waals surface area contributed by atoms with E-state index in [0.717, 1.165) is 10.0 Å². The van der Waals surface area contributed by atoms with E-state index in [-0.39, 0.29) is 30.3 Å². The number of anilines is 1. The third kappa shape index (κ3) is 5.99. The van der Waals surface area contributed by atoms with E-state index in [9.17, 15) is 14.7 Å². The van der Waals surface area contributed by atoms with E-state index in [1.54, 1.807) is 12.1 Å². The molecule has 0 aliphatic heterocycles. The molecule has 1 unspecified atom stereocenters. The Bertz CT molecular complexity index is 1520. The van der Waals surface area contributed by atoms with Crippen molar-refractivity contribution in [2.24, 2.45) is 12.1 Å². The van der Waals surface area contributed by atoms with Crippen LogP contribution in [0.15, 0.2) is 79.8 Å². The number of nitrogens with one attached hydrogen (secondary N) is 2. The molecule has 2 aromatic heterocycles. The van der Waals surface area contributed by atoms with Crippen molar-refractivity contribution in [3.05, 3.63) is 91.5 Å². The number of aromatic nitrogens is 4. The lowest BCUT2D eigenvalue weighted by Crippen LogP contribution is -2.30. The number of rotatable bonds is 9. The van der Waals surface area contributed by atoms with Crippen LogP contribution in [-0.2, 0) is 13.6 Å². The number of allylic oxidation sites excluding steroid dienone is 1. The molecule has 186 valence electrons. The third-order valence-electron chi connectivity index (χ3n) is 5.31. The highest BCUT2D eigenvalue weighted by molar-refractivity contribution is 9.10. The minimum atomic E-state index is -0.980. The van der Waals surface area contributed by atoms with Crippen LogP contribution >= 0.6 is 15.9 Å². The molecule has 3 N–H and O–H groups in total. The number of ether oxygens (including phenoxy) is 1. The summed E-state index contributed by atoms with van der Waals surface area (Å²) in [6.07, 6.45) is 2.77. The summed E-state index contributed by atoms with van der Waals surface area (Å²) >= 11 is 3.37. The second-order valence-electron chi connectivity index (χ2n) is 8.06. The number of benzene rings is 2. The van der Waals surface area contributed by atoms with Gasteiger partial charge in [0.15, 0.2) is 11.2 Å². The SMILES string of the molecule is CC(/C=C/c1ccccc1)=N\Nc1nc2c(c(=O)[nH]c(=O)n2C)n1CC(O)COc1ccc(Br)cc1. The maximum atomic E-state index is 12.7. The highest BCUT2D eigenvalue weighted by Crippen LogP contribution is 2.18. The molecule has 36 heavy (non-hydrogen) atoms. The largest absolute Gasteiger partial charge is 0.491 e. The fourth-order valence-electron chi connectivity index (χ4n) is 3.44. The van der Waals surface area contributed by atoms with Crippen LogP contribution < -0.4 is 21.4 Å². The van der Waals surface area contributed by atoms with Crippen molar-refractivity contribution in [2.75, 3.05) is 12.0 Å². The minimum Gasteiger partial charge on any atom is -0.491 e. The summed E-state index contributed by atoms with van der Waals surface area (Å²) in [4.78, 5) is 31.4. The normalized spacial score (nSPS) is 12.8. The van der Waals surface area contributed by atoms with Gasteiger partial charge in [-0.2, -0.15) is 10.1 Å². The van der Waals surface area contributed by atoms with E-state index in [1.807, 2.05) is 61.5 Å². The number of hydrogen-bond acceptors (Lipinski definition) is 7. The van der Waals surface area contributed by atoms with Gasteiger partial charge in [-0.1, -0.05) is 52.3 Å². The van der Waals surface area contributed by atoms with Crippen LogP contribution in [0, 0.1) is 0 Å². The number of H-pyrrole nitrogens is 1. The van der Waals surface area contributed by atoms with Crippen molar-refractivity contribution in [1.82, 2.24) is 19.1 Å². The Hall–Kier alpha value is -3.96. The average Bonchev–Trinajstić information content (AvgIpc) is 3.23. The minimum absolute atomic E-state index is 0.0213. The predicted octanol–water partition coefficient (Wildman–Crippen LogP) is 3.13. The third-order valence-corrected chi connectivity index (χ3v) is 5.83. The molecule has 11 heteroatoms. The van der Waals surface area contributed by atoms with E-state index >= 15 is 0 Å². The summed E-state index contributed by atoms with van der Waals surface area (Å²) in [5.41, 5.74) is 3.64. The zero-order valence-corrected chi connectivity index (χ0v) is 21.3. The average molecular weight is 553 g/mol. The number of fused-ring (bicyclic) bond motifs is 1. The Morgan fingerprint density at radius 2 is 1.94 bits per heavy atom. The van der Waals surface area contributed by atoms with Gasteiger partial charge in [0.25, 0.3) is 5.56 Å². The van der Waals surface area contributed by atoms with Gasteiger partial charge >= 0.3 is 5.69 Å². The summed E-state index contributed by atoms with van der Waals surface area (Å²) in [5.74, 6) is 0.795. The second kappa shape index (κ2) is 11.2. The lowest BCUT2D eigenvalue weighted by Gasteiger charge is -2.15. The monoisotopic (exact) mass is 552 g/mol. The lowest BCUT2D eigenvalue weighted by atomic mass is 10.2. The van der Waals surface area contributed by atoms with Gasteiger partial charge in [-0.05, 0) is 42.8 Å². The van der Waals surface area contributed by atoms with Crippen molar-refractivity contribution in [3.63, 3.8) is 0 Å². The Morgan fingerprint density at radius 3 is 2.67 bits per heavy atom. The molecule has 1 atom stereocenters. The van der Waals surface area contributed by atoms with Crippen molar-refractivity contribution >= 4 is 44.8 Å².